The quantitative estimate of drug-likeness (QED) is 0.377. The zero-order chi connectivity index (χ0) is 29.7. The lowest BCUT2D eigenvalue weighted by atomic mass is 9.82. The Morgan fingerprint density at radius 2 is 1.93 bits per heavy atom. The van der Waals surface area contributed by atoms with Crippen molar-refractivity contribution in [2.45, 2.75) is 102 Å². The van der Waals surface area contributed by atoms with E-state index in [4.69, 9.17) is 16.3 Å². The third-order valence-corrected chi connectivity index (χ3v) is 9.50. The fourth-order valence-corrected chi connectivity index (χ4v) is 7.35. The number of aliphatic hydroxyl groups excluding tert-OH is 2. The van der Waals surface area contributed by atoms with Gasteiger partial charge in [-0.3, -0.25) is 9.69 Å². The molecule has 0 spiro atoms. The third-order valence-electron chi connectivity index (χ3n) is 9.23. The highest BCUT2D eigenvalue weighted by atomic mass is 35.5. The summed E-state index contributed by atoms with van der Waals surface area (Å²) in [6, 6.07) is 3.30. The zero-order valence-electron chi connectivity index (χ0n) is 24.3. The lowest BCUT2D eigenvalue weighted by Crippen LogP contribution is -2.53. The minimum atomic E-state index is -0.704. The number of rotatable bonds is 6. The van der Waals surface area contributed by atoms with Crippen molar-refractivity contribution in [3.8, 4) is 11.3 Å². The normalized spacial score (nSPS) is 26.6. The van der Waals surface area contributed by atoms with Crippen LogP contribution in [0.25, 0.3) is 22.2 Å². The van der Waals surface area contributed by atoms with Gasteiger partial charge in [-0.25, -0.2) is 14.4 Å². The Balaban J connectivity index is 1.45. The number of hydrogen-bond donors (Lipinski definition) is 3. The molecule has 5 heterocycles. The topological polar surface area (TPSA) is 113 Å². The second kappa shape index (κ2) is 11.8. The second-order valence-corrected chi connectivity index (χ2v) is 12.7. The van der Waals surface area contributed by atoms with Crippen LogP contribution in [0.5, 0.6) is 0 Å². The van der Waals surface area contributed by atoms with Crippen LogP contribution in [0.1, 0.15) is 69.7 Å². The molecule has 11 heteroatoms. The number of aromatic nitrogens is 3. The molecule has 0 amide bonds. The highest BCUT2D eigenvalue weighted by molar-refractivity contribution is 6.33. The predicted molar refractivity (Wildman–Crippen MR) is 160 cm³/mol. The van der Waals surface area contributed by atoms with E-state index in [9.17, 15) is 15.0 Å². The SMILES string of the molecule is Cc1c(CN2C3CCCC2CC(O)C3)n(C(C)C)c2cc(-c3nc(N[C@@H]4CCOC[C@H]4O)ncc3Cl)cc(F)c2c1=O. The zero-order valence-corrected chi connectivity index (χ0v) is 25.1. The highest BCUT2D eigenvalue weighted by Crippen LogP contribution is 2.37. The molecule has 6 rings (SSSR count). The summed E-state index contributed by atoms with van der Waals surface area (Å²) < 4.78 is 23.3. The summed E-state index contributed by atoms with van der Waals surface area (Å²) in [6.45, 7) is 7.18. The molecule has 4 atom stereocenters. The first-order valence-electron chi connectivity index (χ1n) is 15.0. The molecule has 2 bridgehead atoms. The molecule has 0 saturated carbocycles. The third kappa shape index (κ3) is 5.43. The summed E-state index contributed by atoms with van der Waals surface area (Å²) in [4.78, 5) is 25.0. The number of aliphatic hydroxyl groups is 2. The molecule has 0 radical (unpaired) electrons. The maximum Gasteiger partial charge on any atom is 0.223 e. The molecule has 3 aliphatic rings. The molecule has 3 aromatic rings. The number of anilines is 1. The fourth-order valence-electron chi connectivity index (χ4n) is 7.15. The number of pyridine rings is 1. The van der Waals surface area contributed by atoms with Gasteiger partial charge in [0.05, 0.1) is 52.7 Å². The molecule has 3 saturated heterocycles. The van der Waals surface area contributed by atoms with Gasteiger partial charge in [-0.05, 0) is 65.0 Å². The lowest BCUT2D eigenvalue weighted by molar-refractivity contribution is -0.0325. The maximum absolute atomic E-state index is 15.9. The number of halogens is 2. The van der Waals surface area contributed by atoms with E-state index in [0.717, 1.165) is 37.8 Å². The Bertz CT molecular complexity index is 1530. The van der Waals surface area contributed by atoms with Gasteiger partial charge in [0.15, 0.2) is 5.43 Å². The number of piperidine rings is 2. The van der Waals surface area contributed by atoms with E-state index in [1.165, 1.54) is 12.3 Å². The van der Waals surface area contributed by atoms with E-state index >= 15 is 4.39 Å². The van der Waals surface area contributed by atoms with Crippen molar-refractivity contribution in [2.75, 3.05) is 18.5 Å². The number of benzene rings is 1. The van der Waals surface area contributed by atoms with E-state index in [-0.39, 0.29) is 58.7 Å². The molecule has 3 aliphatic heterocycles. The predicted octanol–water partition coefficient (Wildman–Crippen LogP) is 4.58. The van der Waals surface area contributed by atoms with Crippen molar-refractivity contribution < 1.29 is 19.3 Å². The molecule has 3 N–H and O–H groups in total. The molecular weight excluding hydrogens is 561 g/mol. The van der Waals surface area contributed by atoms with Crippen molar-refractivity contribution in [3.05, 3.63) is 50.7 Å². The Labute approximate surface area is 249 Å². The second-order valence-electron chi connectivity index (χ2n) is 12.3. The van der Waals surface area contributed by atoms with Crippen LogP contribution in [0.2, 0.25) is 5.02 Å². The Morgan fingerprint density at radius 1 is 1.19 bits per heavy atom. The van der Waals surface area contributed by atoms with Gasteiger partial charge in [0, 0.05) is 48.1 Å². The lowest BCUT2D eigenvalue weighted by Gasteiger charge is -2.48. The highest BCUT2D eigenvalue weighted by Gasteiger charge is 2.38. The molecular formula is C31H39ClFN5O4. The van der Waals surface area contributed by atoms with E-state index < -0.39 is 11.9 Å². The Hall–Kier alpha value is -2.63. The van der Waals surface area contributed by atoms with Gasteiger partial charge >= 0.3 is 0 Å². The van der Waals surface area contributed by atoms with Gasteiger partial charge in [0.1, 0.15) is 5.82 Å². The van der Waals surface area contributed by atoms with E-state index in [0.29, 0.717) is 41.9 Å². The van der Waals surface area contributed by atoms with Crippen LogP contribution in [-0.4, -0.2) is 73.2 Å². The molecule has 42 heavy (non-hydrogen) atoms. The van der Waals surface area contributed by atoms with Crippen molar-refractivity contribution >= 4 is 28.5 Å². The summed E-state index contributed by atoms with van der Waals surface area (Å²) in [7, 11) is 0. The molecule has 9 nitrogen and oxygen atoms in total. The van der Waals surface area contributed by atoms with Crippen LogP contribution in [0.4, 0.5) is 10.3 Å². The number of fused-ring (bicyclic) bond motifs is 3. The molecule has 2 aromatic heterocycles. The Kier molecular flexibility index (Phi) is 8.28. The summed E-state index contributed by atoms with van der Waals surface area (Å²) in [5.41, 5.74) is 2.38. The van der Waals surface area contributed by atoms with Crippen LogP contribution in [0, 0.1) is 12.7 Å². The minimum Gasteiger partial charge on any atom is -0.393 e. The molecule has 1 aromatic carbocycles. The molecule has 0 aliphatic carbocycles. The van der Waals surface area contributed by atoms with Crippen LogP contribution in [0.15, 0.2) is 23.1 Å². The van der Waals surface area contributed by atoms with E-state index in [1.807, 2.05) is 13.8 Å². The summed E-state index contributed by atoms with van der Waals surface area (Å²) >= 11 is 6.55. The first-order valence-corrected chi connectivity index (χ1v) is 15.4. The smallest absolute Gasteiger partial charge is 0.223 e. The maximum atomic E-state index is 15.9. The van der Waals surface area contributed by atoms with E-state index in [2.05, 4.69) is 24.8 Å². The number of hydrogen-bond acceptors (Lipinski definition) is 8. The van der Waals surface area contributed by atoms with Gasteiger partial charge in [-0.2, -0.15) is 0 Å². The van der Waals surface area contributed by atoms with Crippen LogP contribution in [-0.2, 0) is 11.3 Å². The number of nitrogens with zero attached hydrogens (tertiary/aromatic N) is 4. The van der Waals surface area contributed by atoms with Crippen LogP contribution in [0.3, 0.4) is 0 Å². The summed E-state index contributed by atoms with van der Waals surface area (Å²) in [5.74, 6) is -0.357. The van der Waals surface area contributed by atoms with Gasteiger partial charge in [0.2, 0.25) is 5.95 Å². The van der Waals surface area contributed by atoms with Gasteiger partial charge < -0.3 is 24.8 Å². The Morgan fingerprint density at radius 3 is 2.62 bits per heavy atom. The minimum absolute atomic E-state index is 0.0526. The largest absolute Gasteiger partial charge is 0.393 e. The van der Waals surface area contributed by atoms with Gasteiger partial charge in [0.25, 0.3) is 0 Å². The first-order chi connectivity index (χ1) is 20.1. The first kappa shape index (κ1) is 29.4. The van der Waals surface area contributed by atoms with Gasteiger partial charge in [-0.15, -0.1) is 0 Å². The van der Waals surface area contributed by atoms with Gasteiger partial charge in [-0.1, -0.05) is 18.0 Å². The van der Waals surface area contributed by atoms with Crippen molar-refractivity contribution in [3.63, 3.8) is 0 Å². The van der Waals surface area contributed by atoms with Crippen molar-refractivity contribution in [1.82, 2.24) is 19.4 Å². The van der Waals surface area contributed by atoms with E-state index in [1.54, 1.807) is 13.0 Å². The fraction of sp³-hybridized carbons (Fsp3) is 0.581. The monoisotopic (exact) mass is 599 g/mol. The summed E-state index contributed by atoms with van der Waals surface area (Å²) in [6.07, 6.45) is 5.73. The van der Waals surface area contributed by atoms with Crippen LogP contribution < -0.4 is 10.7 Å². The molecule has 226 valence electrons. The average molecular weight is 600 g/mol. The summed E-state index contributed by atoms with van der Waals surface area (Å²) in [5, 5.41) is 24.2. The standard InChI is InChI=1S/C31H39ClFN5O4/c1-16(2)38-25-10-18(29-22(32)13-34-31(36-29)35-24-7-8-42-15-27(24)40)9-23(33)28(25)30(41)17(3)26(38)14-37-19-5-4-6-20(37)12-21(39)11-19/h9-10,13,16,19-21,24,27,39-40H,4-8,11-12,14-15H2,1-3H3,(H,34,35,36)/t19?,20?,21?,24-,27-/m1/s1. The number of ether oxygens (including phenoxy) is 1. The average Bonchev–Trinajstić information content (AvgIpc) is 2.93. The molecule has 2 unspecified atom stereocenters. The number of nitrogens with one attached hydrogen (secondary N) is 1. The van der Waals surface area contributed by atoms with Crippen LogP contribution >= 0.6 is 11.6 Å². The molecule has 3 fully saturated rings. The van der Waals surface area contributed by atoms with Crippen molar-refractivity contribution in [1.29, 1.82) is 0 Å². The van der Waals surface area contributed by atoms with Crippen molar-refractivity contribution in [2.24, 2.45) is 0 Å².